The minimum atomic E-state index is -1.19. The van der Waals surface area contributed by atoms with Gasteiger partial charge in [0.2, 0.25) is 0 Å². The standard InChI is InChI=1S/C6H9NO5/c1-7(3-4(8)9)5(10)6(11)12-2/h3H2,1-2H3,(H,8,9). The number of ether oxygens (including phenoxy) is 1. The van der Waals surface area contributed by atoms with Crippen LogP contribution >= 0.6 is 0 Å². The topological polar surface area (TPSA) is 83.9 Å². The monoisotopic (exact) mass is 175 g/mol. The molecule has 0 atom stereocenters. The molecular weight excluding hydrogens is 166 g/mol. The van der Waals surface area contributed by atoms with E-state index >= 15 is 0 Å². The van der Waals surface area contributed by atoms with Crippen LogP contribution in [0.5, 0.6) is 0 Å². The van der Waals surface area contributed by atoms with Crippen molar-refractivity contribution in [2.75, 3.05) is 20.7 Å². The number of carbonyl (C=O) groups excluding carboxylic acids is 2. The van der Waals surface area contributed by atoms with Gasteiger partial charge >= 0.3 is 17.8 Å². The number of carbonyl (C=O) groups is 3. The normalized spacial score (nSPS) is 8.83. The minimum Gasteiger partial charge on any atom is -0.480 e. The highest BCUT2D eigenvalue weighted by molar-refractivity contribution is 6.32. The van der Waals surface area contributed by atoms with Crippen LogP contribution in [-0.2, 0) is 19.1 Å². The molecule has 0 unspecified atom stereocenters. The van der Waals surface area contributed by atoms with Gasteiger partial charge in [-0.2, -0.15) is 0 Å². The number of carboxylic acids is 1. The van der Waals surface area contributed by atoms with E-state index in [4.69, 9.17) is 5.11 Å². The number of hydrogen-bond donors (Lipinski definition) is 1. The lowest BCUT2D eigenvalue weighted by molar-refractivity contribution is -0.158. The van der Waals surface area contributed by atoms with Crippen molar-refractivity contribution in [3.63, 3.8) is 0 Å². The van der Waals surface area contributed by atoms with Crippen molar-refractivity contribution in [2.24, 2.45) is 0 Å². The molecule has 0 radical (unpaired) electrons. The molecule has 6 nitrogen and oxygen atoms in total. The highest BCUT2D eigenvalue weighted by atomic mass is 16.5. The predicted molar refractivity (Wildman–Crippen MR) is 37.3 cm³/mol. The lowest BCUT2D eigenvalue weighted by atomic mass is 10.5. The molecule has 0 saturated carbocycles. The Hall–Kier alpha value is -1.59. The number of esters is 1. The van der Waals surface area contributed by atoms with E-state index in [-0.39, 0.29) is 0 Å². The first-order valence-corrected chi connectivity index (χ1v) is 3.04. The fourth-order valence-corrected chi connectivity index (χ4v) is 0.518. The maximum Gasteiger partial charge on any atom is 0.396 e. The van der Waals surface area contributed by atoms with Crippen molar-refractivity contribution in [3.8, 4) is 0 Å². The summed E-state index contributed by atoms with van der Waals surface area (Å²) >= 11 is 0. The zero-order valence-corrected chi connectivity index (χ0v) is 6.73. The summed E-state index contributed by atoms with van der Waals surface area (Å²) in [5.74, 6) is -3.23. The summed E-state index contributed by atoms with van der Waals surface area (Å²) in [7, 11) is 2.25. The van der Waals surface area contributed by atoms with Crippen LogP contribution in [0.2, 0.25) is 0 Å². The first kappa shape index (κ1) is 10.4. The maximum absolute atomic E-state index is 10.8. The molecule has 0 aromatic rings. The van der Waals surface area contributed by atoms with Crippen LogP contribution in [0.15, 0.2) is 0 Å². The number of aliphatic carboxylic acids is 1. The maximum atomic E-state index is 10.8. The molecule has 0 aliphatic heterocycles. The molecule has 0 heterocycles. The average molecular weight is 175 g/mol. The number of rotatable bonds is 2. The molecule has 0 spiro atoms. The van der Waals surface area contributed by atoms with Gasteiger partial charge in [0, 0.05) is 7.05 Å². The van der Waals surface area contributed by atoms with Gasteiger partial charge in [-0.1, -0.05) is 0 Å². The van der Waals surface area contributed by atoms with E-state index in [9.17, 15) is 14.4 Å². The number of hydrogen-bond acceptors (Lipinski definition) is 4. The average Bonchev–Trinajstić information content (AvgIpc) is 2.00. The van der Waals surface area contributed by atoms with Crippen molar-refractivity contribution >= 4 is 17.8 Å². The molecule has 6 heteroatoms. The molecule has 0 aromatic heterocycles. The summed E-state index contributed by atoms with van der Waals surface area (Å²) in [5, 5.41) is 8.24. The third kappa shape index (κ3) is 3.00. The summed E-state index contributed by atoms with van der Waals surface area (Å²) in [6.07, 6.45) is 0. The second-order valence-corrected chi connectivity index (χ2v) is 2.05. The van der Waals surface area contributed by atoms with E-state index in [0.29, 0.717) is 0 Å². The minimum absolute atomic E-state index is 0.520. The largest absolute Gasteiger partial charge is 0.480 e. The summed E-state index contributed by atoms with van der Waals surface area (Å²) in [4.78, 5) is 32.2. The van der Waals surface area contributed by atoms with Crippen LogP contribution in [0.1, 0.15) is 0 Å². The number of nitrogens with zero attached hydrogens (tertiary/aromatic N) is 1. The van der Waals surface area contributed by atoms with Crippen molar-refractivity contribution in [3.05, 3.63) is 0 Å². The van der Waals surface area contributed by atoms with E-state index in [2.05, 4.69) is 4.74 Å². The molecule has 0 rings (SSSR count). The van der Waals surface area contributed by atoms with Gasteiger partial charge in [-0.25, -0.2) is 4.79 Å². The highest BCUT2D eigenvalue weighted by Gasteiger charge is 2.20. The Bertz CT molecular complexity index is 212. The van der Waals surface area contributed by atoms with Crippen LogP contribution in [0.25, 0.3) is 0 Å². The predicted octanol–water partition coefficient (Wildman–Crippen LogP) is -1.30. The van der Waals surface area contributed by atoms with Crippen molar-refractivity contribution in [1.29, 1.82) is 0 Å². The molecule has 1 amide bonds. The molecule has 12 heavy (non-hydrogen) atoms. The number of amides is 1. The number of likely N-dealkylation sites (N-methyl/N-ethyl adjacent to an activating group) is 1. The van der Waals surface area contributed by atoms with Gasteiger partial charge in [0.1, 0.15) is 6.54 Å². The van der Waals surface area contributed by atoms with Gasteiger partial charge in [0.15, 0.2) is 0 Å². The molecular formula is C6H9NO5. The fraction of sp³-hybridized carbons (Fsp3) is 0.500. The van der Waals surface area contributed by atoms with E-state index < -0.39 is 24.4 Å². The van der Waals surface area contributed by atoms with Crippen LogP contribution < -0.4 is 0 Å². The van der Waals surface area contributed by atoms with E-state index in [0.717, 1.165) is 12.0 Å². The third-order valence-corrected chi connectivity index (χ3v) is 1.08. The fourth-order valence-electron chi connectivity index (χ4n) is 0.518. The SMILES string of the molecule is COC(=O)C(=O)N(C)CC(=O)O. The van der Waals surface area contributed by atoms with Gasteiger partial charge in [0.25, 0.3) is 0 Å². The molecule has 68 valence electrons. The van der Waals surface area contributed by atoms with Crippen molar-refractivity contribution in [2.45, 2.75) is 0 Å². The molecule has 0 saturated heterocycles. The van der Waals surface area contributed by atoms with Crippen LogP contribution in [0, 0.1) is 0 Å². The number of methoxy groups -OCH3 is 1. The molecule has 0 aliphatic rings. The summed E-state index contributed by atoms with van der Waals surface area (Å²) < 4.78 is 4.09. The summed E-state index contributed by atoms with van der Waals surface area (Å²) in [5.41, 5.74) is 0. The Labute approximate surface area is 68.7 Å². The Morgan fingerprint density at radius 3 is 2.25 bits per heavy atom. The Morgan fingerprint density at radius 1 is 1.42 bits per heavy atom. The summed E-state index contributed by atoms with van der Waals surface area (Å²) in [6.45, 7) is -0.520. The van der Waals surface area contributed by atoms with E-state index in [1.165, 1.54) is 7.05 Å². The smallest absolute Gasteiger partial charge is 0.396 e. The molecule has 0 fully saturated rings. The van der Waals surface area contributed by atoms with Gasteiger partial charge < -0.3 is 14.7 Å². The van der Waals surface area contributed by atoms with Gasteiger partial charge in [-0.15, -0.1) is 0 Å². The Balaban J connectivity index is 4.10. The zero-order chi connectivity index (χ0) is 9.72. The van der Waals surface area contributed by atoms with Crippen LogP contribution in [0.3, 0.4) is 0 Å². The van der Waals surface area contributed by atoms with Gasteiger partial charge in [-0.3, -0.25) is 9.59 Å². The molecule has 1 N–H and O–H groups in total. The first-order valence-electron chi connectivity index (χ1n) is 3.04. The van der Waals surface area contributed by atoms with Crippen molar-refractivity contribution < 1.29 is 24.2 Å². The van der Waals surface area contributed by atoms with Crippen molar-refractivity contribution in [1.82, 2.24) is 4.90 Å². The quantitative estimate of drug-likeness (QED) is 0.416. The lowest BCUT2D eigenvalue weighted by Gasteiger charge is -2.11. The second kappa shape index (κ2) is 4.32. The Morgan fingerprint density at radius 2 is 1.92 bits per heavy atom. The molecule has 0 aromatic carbocycles. The van der Waals surface area contributed by atoms with E-state index in [1.54, 1.807) is 0 Å². The van der Waals surface area contributed by atoms with Crippen LogP contribution in [-0.4, -0.2) is 48.6 Å². The molecule has 0 bridgehead atoms. The second-order valence-electron chi connectivity index (χ2n) is 2.05. The first-order chi connectivity index (χ1) is 5.49. The van der Waals surface area contributed by atoms with E-state index in [1.807, 2.05) is 0 Å². The molecule has 0 aliphatic carbocycles. The van der Waals surface area contributed by atoms with Gasteiger partial charge in [0.05, 0.1) is 7.11 Å². The zero-order valence-electron chi connectivity index (χ0n) is 6.73. The van der Waals surface area contributed by atoms with Gasteiger partial charge in [-0.05, 0) is 0 Å². The van der Waals surface area contributed by atoms with Crippen LogP contribution in [0.4, 0.5) is 0 Å². The summed E-state index contributed by atoms with van der Waals surface area (Å²) in [6, 6.07) is 0. The highest BCUT2D eigenvalue weighted by Crippen LogP contribution is 1.86. The Kier molecular flexibility index (Phi) is 3.75. The third-order valence-electron chi connectivity index (χ3n) is 1.08. The lowest BCUT2D eigenvalue weighted by Crippen LogP contribution is -2.37. The number of carboxylic acid groups (broad SMARTS) is 1.